The number of nitrogens with zero attached hydrogens (tertiary/aromatic N) is 3. The highest BCUT2D eigenvalue weighted by Crippen LogP contribution is 2.31. The van der Waals surface area contributed by atoms with Crippen molar-refractivity contribution in [2.75, 3.05) is 31.1 Å². The Bertz CT molecular complexity index is 1060. The zero-order valence-electron chi connectivity index (χ0n) is 16.9. The highest BCUT2D eigenvalue weighted by atomic mass is 35.5. The van der Waals surface area contributed by atoms with Crippen molar-refractivity contribution in [1.82, 2.24) is 9.88 Å². The number of anilines is 1. The molecule has 0 spiro atoms. The maximum Gasteiger partial charge on any atom is 0.263 e. The summed E-state index contributed by atoms with van der Waals surface area (Å²) in [7, 11) is 0. The Morgan fingerprint density at radius 3 is 2.63 bits per heavy atom. The van der Waals surface area contributed by atoms with Crippen molar-refractivity contribution in [3.63, 3.8) is 0 Å². The number of hydrogen-bond acceptors (Lipinski definition) is 5. The molecular weight excluding hydrogens is 441 g/mol. The number of hydrogen-bond donors (Lipinski definition) is 0. The fraction of sp³-hybridized carbons (Fsp3) is 0.364. The predicted octanol–water partition coefficient (Wildman–Crippen LogP) is 5.28. The number of piperazine rings is 1. The quantitative estimate of drug-likeness (QED) is 0.516. The van der Waals surface area contributed by atoms with Crippen LogP contribution in [-0.2, 0) is 11.2 Å². The lowest BCUT2D eigenvalue weighted by atomic mass is 10.2. The van der Waals surface area contributed by atoms with E-state index in [4.69, 9.17) is 32.9 Å². The highest BCUT2D eigenvalue weighted by Gasteiger charge is 2.27. The van der Waals surface area contributed by atoms with Gasteiger partial charge in [-0.1, -0.05) is 47.5 Å². The molecule has 1 amide bonds. The number of amides is 1. The molecule has 0 saturated carbocycles. The molecular formula is C22H23Cl2N3O2S. The van der Waals surface area contributed by atoms with Gasteiger partial charge in [0.1, 0.15) is 5.75 Å². The van der Waals surface area contributed by atoms with Crippen LogP contribution in [0.1, 0.15) is 19.4 Å². The van der Waals surface area contributed by atoms with Gasteiger partial charge in [0.05, 0.1) is 15.2 Å². The van der Waals surface area contributed by atoms with E-state index in [1.807, 2.05) is 4.90 Å². The summed E-state index contributed by atoms with van der Waals surface area (Å²) < 4.78 is 7.00. The molecule has 1 atom stereocenters. The Hall–Kier alpha value is -2.02. The molecule has 0 bridgehead atoms. The standard InChI is InChI=1S/C22H23Cl2N3O2S/c1-3-15-4-6-18-20(12-15)30-22(25-18)27-10-8-26(9-11-27)21(28)14(2)29-19-7-5-16(23)13-17(19)24/h4-7,12-14H,3,8-11H2,1-2H3. The number of carbonyl (C=O) groups is 1. The van der Waals surface area contributed by atoms with Crippen LogP contribution in [0.2, 0.25) is 10.0 Å². The molecule has 2 aromatic carbocycles. The summed E-state index contributed by atoms with van der Waals surface area (Å²) in [5.74, 6) is 0.416. The van der Waals surface area contributed by atoms with Gasteiger partial charge >= 0.3 is 0 Å². The molecule has 1 aliphatic rings. The normalized spacial score (nSPS) is 15.5. The first-order valence-corrected chi connectivity index (χ1v) is 11.6. The third-order valence-corrected chi connectivity index (χ3v) is 6.87. The largest absolute Gasteiger partial charge is 0.479 e. The zero-order valence-corrected chi connectivity index (χ0v) is 19.2. The number of rotatable bonds is 5. The molecule has 2 heterocycles. The summed E-state index contributed by atoms with van der Waals surface area (Å²) in [5, 5.41) is 1.94. The molecule has 0 radical (unpaired) electrons. The molecule has 158 valence electrons. The van der Waals surface area contributed by atoms with Crippen molar-refractivity contribution in [3.05, 3.63) is 52.0 Å². The molecule has 1 aliphatic heterocycles. The van der Waals surface area contributed by atoms with Crippen LogP contribution in [0.25, 0.3) is 10.2 Å². The fourth-order valence-electron chi connectivity index (χ4n) is 3.50. The smallest absolute Gasteiger partial charge is 0.263 e. The minimum Gasteiger partial charge on any atom is -0.479 e. The number of fused-ring (bicyclic) bond motifs is 1. The SMILES string of the molecule is CCc1ccc2nc(N3CCN(C(=O)C(C)Oc4ccc(Cl)cc4Cl)CC3)sc2c1. The van der Waals surface area contributed by atoms with Crippen LogP contribution in [0, 0.1) is 0 Å². The van der Waals surface area contributed by atoms with Gasteiger partial charge in [-0.2, -0.15) is 0 Å². The first-order valence-electron chi connectivity index (χ1n) is 9.99. The summed E-state index contributed by atoms with van der Waals surface area (Å²) in [6, 6.07) is 11.4. The van der Waals surface area contributed by atoms with Gasteiger partial charge in [-0.3, -0.25) is 4.79 Å². The van der Waals surface area contributed by atoms with Crippen LogP contribution in [0.5, 0.6) is 5.75 Å². The summed E-state index contributed by atoms with van der Waals surface area (Å²) in [6.45, 7) is 6.68. The second-order valence-electron chi connectivity index (χ2n) is 7.30. The number of aromatic nitrogens is 1. The third-order valence-electron chi connectivity index (χ3n) is 5.26. The Kier molecular flexibility index (Phi) is 6.37. The van der Waals surface area contributed by atoms with Crippen molar-refractivity contribution >= 4 is 55.8 Å². The molecule has 1 fully saturated rings. The fourth-order valence-corrected chi connectivity index (χ4v) is 5.03. The van der Waals surface area contributed by atoms with Gasteiger partial charge in [-0.05, 0) is 49.2 Å². The Morgan fingerprint density at radius 1 is 1.17 bits per heavy atom. The van der Waals surface area contributed by atoms with Crippen LogP contribution in [0.15, 0.2) is 36.4 Å². The lowest BCUT2D eigenvalue weighted by Crippen LogP contribution is -2.52. The predicted molar refractivity (Wildman–Crippen MR) is 124 cm³/mol. The van der Waals surface area contributed by atoms with E-state index in [9.17, 15) is 4.79 Å². The van der Waals surface area contributed by atoms with Crippen molar-refractivity contribution in [2.45, 2.75) is 26.4 Å². The Labute approximate surface area is 190 Å². The van der Waals surface area contributed by atoms with Crippen molar-refractivity contribution in [2.24, 2.45) is 0 Å². The first-order chi connectivity index (χ1) is 14.4. The minimum absolute atomic E-state index is 0.0439. The summed E-state index contributed by atoms with van der Waals surface area (Å²) >= 11 is 13.8. The molecule has 1 aromatic heterocycles. The topological polar surface area (TPSA) is 45.7 Å². The molecule has 0 aliphatic carbocycles. The molecule has 30 heavy (non-hydrogen) atoms. The van der Waals surface area contributed by atoms with Crippen LogP contribution in [-0.4, -0.2) is 48.1 Å². The third kappa shape index (κ3) is 4.51. The minimum atomic E-state index is -0.620. The van der Waals surface area contributed by atoms with Crippen molar-refractivity contribution in [1.29, 1.82) is 0 Å². The number of halogens is 2. The van der Waals surface area contributed by atoms with E-state index in [1.165, 1.54) is 10.3 Å². The Balaban J connectivity index is 1.37. The molecule has 4 rings (SSSR count). The van der Waals surface area contributed by atoms with E-state index in [1.54, 1.807) is 36.5 Å². The van der Waals surface area contributed by atoms with Gasteiger partial charge in [0, 0.05) is 31.2 Å². The molecule has 5 nitrogen and oxygen atoms in total. The van der Waals surface area contributed by atoms with Crippen molar-refractivity contribution < 1.29 is 9.53 Å². The van der Waals surface area contributed by atoms with Gasteiger partial charge in [0.25, 0.3) is 5.91 Å². The molecule has 0 N–H and O–H groups in total. The number of thiazole rings is 1. The monoisotopic (exact) mass is 463 g/mol. The van der Waals surface area contributed by atoms with E-state index in [0.29, 0.717) is 28.9 Å². The molecule has 3 aromatic rings. The average Bonchev–Trinajstić information content (AvgIpc) is 3.18. The van der Waals surface area contributed by atoms with Crippen LogP contribution < -0.4 is 9.64 Å². The lowest BCUT2D eigenvalue weighted by Gasteiger charge is -2.35. The molecule has 1 unspecified atom stereocenters. The van der Waals surface area contributed by atoms with Crippen molar-refractivity contribution in [3.8, 4) is 5.75 Å². The van der Waals surface area contributed by atoms with E-state index >= 15 is 0 Å². The number of aryl methyl sites for hydroxylation is 1. The average molecular weight is 464 g/mol. The van der Waals surface area contributed by atoms with E-state index in [0.717, 1.165) is 30.2 Å². The molecule has 8 heteroatoms. The second kappa shape index (κ2) is 9.00. The van der Waals surface area contributed by atoms with Gasteiger partial charge in [-0.25, -0.2) is 4.98 Å². The van der Waals surface area contributed by atoms with E-state index in [2.05, 4.69) is 30.0 Å². The van der Waals surface area contributed by atoms with Gasteiger partial charge in [-0.15, -0.1) is 0 Å². The summed E-state index contributed by atoms with van der Waals surface area (Å²) in [4.78, 5) is 21.7. The second-order valence-corrected chi connectivity index (χ2v) is 9.15. The first kappa shape index (κ1) is 21.2. The van der Waals surface area contributed by atoms with Gasteiger partial charge in [0.2, 0.25) is 0 Å². The summed E-state index contributed by atoms with van der Waals surface area (Å²) in [6.07, 6.45) is 0.399. The van der Waals surface area contributed by atoms with Gasteiger partial charge < -0.3 is 14.5 Å². The number of carbonyl (C=O) groups excluding carboxylic acids is 1. The maximum absolute atomic E-state index is 12.8. The number of ether oxygens (including phenoxy) is 1. The number of benzene rings is 2. The lowest BCUT2D eigenvalue weighted by molar-refractivity contribution is -0.138. The van der Waals surface area contributed by atoms with Crippen LogP contribution in [0.3, 0.4) is 0 Å². The van der Waals surface area contributed by atoms with Gasteiger partial charge in [0.15, 0.2) is 11.2 Å². The zero-order chi connectivity index (χ0) is 21.3. The van der Waals surface area contributed by atoms with Crippen LogP contribution >= 0.6 is 34.5 Å². The highest BCUT2D eigenvalue weighted by molar-refractivity contribution is 7.22. The maximum atomic E-state index is 12.8. The Morgan fingerprint density at radius 2 is 1.93 bits per heavy atom. The van der Waals surface area contributed by atoms with E-state index < -0.39 is 6.10 Å². The molecule has 1 saturated heterocycles. The van der Waals surface area contributed by atoms with E-state index in [-0.39, 0.29) is 5.91 Å². The van der Waals surface area contributed by atoms with Crippen LogP contribution in [0.4, 0.5) is 5.13 Å². The summed E-state index contributed by atoms with van der Waals surface area (Å²) in [5.41, 5.74) is 2.36.